The first-order valence-electron chi connectivity index (χ1n) is 7.79. The number of amides is 1. The van der Waals surface area contributed by atoms with Gasteiger partial charge in [0.25, 0.3) is 0 Å². The molecule has 1 N–H and O–H groups in total. The van der Waals surface area contributed by atoms with E-state index in [1.807, 2.05) is 42.5 Å². The van der Waals surface area contributed by atoms with E-state index in [4.69, 9.17) is 5.26 Å². The topological polar surface area (TPSA) is 56.1 Å². The van der Waals surface area contributed by atoms with E-state index in [1.165, 1.54) is 11.1 Å². The Kier molecular flexibility index (Phi) is 4.58. The Hall–Kier alpha value is -2.80. The second-order valence-corrected chi connectivity index (χ2v) is 5.79. The number of benzene rings is 2. The first-order chi connectivity index (χ1) is 11.3. The average Bonchev–Trinajstić information content (AvgIpc) is 2.97. The molecule has 2 aromatic carbocycles. The molecule has 2 aromatic rings. The van der Waals surface area contributed by atoms with Crippen LogP contribution in [0.4, 0.5) is 5.69 Å². The number of nitrogens with zero attached hydrogens (tertiary/aromatic N) is 2. The molecule has 0 aromatic heterocycles. The highest BCUT2D eigenvalue weighted by Crippen LogP contribution is 2.21. The highest BCUT2D eigenvalue weighted by atomic mass is 16.2. The van der Waals surface area contributed by atoms with E-state index >= 15 is 0 Å². The van der Waals surface area contributed by atoms with Crippen molar-refractivity contribution < 1.29 is 4.79 Å². The van der Waals surface area contributed by atoms with Crippen molar-refractivity contribution in [1.82, 2.24) is 5.32 Å². The molecule has 0 radical (unpaired) electrons. The van der Waals surface area contributed by atoms with Gasteiger partial charge < -0.3 is 10.2 Å². The zero-order chi connectivity index (χ0) is 16.1. The molecule has 0 unspecified atom stereocenters. The lowest BCUT2D eigenvalue weighted by Gasteiger charge is -2.22. The summed E-state index contributed by atoms with van der Waals surface area (Å²) in [7, 11) is 0. The molecular weight excluding hydrogens is 286 g/mol. The Bertz CT molecular complexity index is 696. The highest BCUT2D eigenvalue weighted by molar-refractivity contribution is 5.82. The number of nitrogens with one attached hydrogen (secondary N) is 1. The Morgan fingerprint density at radius 2 is 1.70 bits per heavy atom. The van der Waals surface area contributed by atoms with E-state index in [9.17, 15) is 4.79 Å². The molecule has 0 saturated carbocycles. The monoisotopic (exact) mass is 305 g/mol. The quantitative estimate of drug-likeness (QED) is 0.862. The van der Waals surface area contributed by atoms with E-state index in [0.29, 0.717) is 0 Å². The van der Waals surface area contributed by atoms with Gasteiger partial charge in [0, 0.05) is 11.7 Å². The minimum absolute atomic E-state index is 0.0399. The maximum atomic E-state index is 12.3. The average molecular weight is 305 g/mol. The molecule has 1 amide bonds. The number of anilines is 1. The van der Waals surface area contributed by atoms with Crippen LogP contribution in [0.15, 0.2) is 54.6 Å². The van der Waals surface area contributed by atoms with Gasteiger partial charge in [-0.2, -0.15) is 5.26 Å². The van der Waals surface area contributed by atoms with Crippen LogP contribution in [0.2, 0.25) is 0 Å². The van der Waals surface area contributed by atoms with Gasteiger partial charge >= 0.3 is 0 Å². The second kappa shape index (κ2) is 6.97. The first kappa shape index (κ1) is 15.1. The molecule has 23 heavy (non-hydrogen) atoms. The van der Waals surface area contributed by atoms with Crippen molar-refractivity contribution in [1.29, 1.82) is 5.26 Å². The number of carbonyl (C=O) groups excluding carboxylic acids is 1. The van der Waals surface area contributed by atoms with E-state index in [0.717, 1.165) is 18.5 Å². The fraction of sp³-hybridized carbons (Fsp3) is 0.263. The van der Waals surface area contributed by atoms with Crippen molar-refractivity contribution in [2.75, 3.05) is 18.0 Å². The van der Waals surface area contributed by atoms with Crippen molar-refractivity contribution in [2.24, 2.45) is 0 Å². The number of carbonyl (C=O) groups is 1. The molecule has 0 aliphatic heterocycles. The summed E-state index contributed by atoms with van der Waals surface area (Å²) >= 11 is 0. The molecule has 0 saturated heterocycles. The molecule has 1 aliphatic rings. The minimum atomic E-state index is -0.0399. The fourth-order valence-corrected chi connectivity index (χ4v) is 3.07. The van der Waals surface area contributed by atoms with Crippen LogP contribution < -0.4 is 10.2 Å². The number of para-hydroxylation sites is 1. The third-order valence-corrected chi connectivity index (χ3v) is 4.13. The number of rotatable bonds is 5. The first-order valence-corrected chi connectivity index (χ1v) is 7.79. The normalized spacial score (nSPS) is 13.2. The van der Waals surface area contributed by atoms with Crippen LogP contribution in [0.5, 0.6) is 0 Å². The molecule has 3 rings (SSSR count). The maximum Gasteiger partial charge on any atom is 0.239 e. The van der Waals surface area contributed by atoms with Crippen molar-refractivity contribution in [3.8, 4) is 6.07 Å². The molecule has 0 heterocycles. The number of nitriles is 1. The lowest BCUT2D eigenvalue weighted by atomic mass is 10.1. The van der Waals surface area contributed by atoms with Gasteiger partial charge in [-0.15, -0.1) is 0 Å². The highest BCUT2D eigenvalue weighted by Gasteiger charge is 2.23. The SMILES string of the molecule is N#CCN(CC(=O)NC1Cc2ccccc2C1)c1ccccc1. The third-order valence-electron chi connectivity index (χ3n) is 4.13. The second-order valence-electron chi connectivity index (χ2n) is 5.79. The predicted octanol–water partition coefficient (Wildman–Crippen LogP) is 2.30. The van der Waals surface area contributed by atoms with Crippen molar-refractivity contribution in [2.45, 2.75) is 18.9 Å². The molecular formula is C19H19N3O. The Labute approximate surface area is 136 Å². The van der Waals surface area contributed by atoms with Crippen LogP contribution >= 0.6 is 0 Å². The Morgan fingerprint density at radius 1 is 1.09 bits per heavy atom. The minimum Gasteiger partial charge on any atom is -0.351 e. The summed E-state index contributed by atoms with van der Waals surface area (Å²) in [5.74, 6) is -0.0399. The third kappa shape index (κ3) is 3.70. The Morgan fingerprint density at radius 3 is 2.30 bits per heavy atom. The van der Waals surface area contributed by atoms with Crippen LogP contribution in [-0.4, -0.2) is 25.0 Å². The molecule has 1 aliphatic carbocycles. The van der Waals surface area contributed by atoms with Gasteiger partial charge in [-0.25, -0.2) is 0 Å². The summed E-state index contributed by atoms with van der Waals surface area (Å²) in [6.07, 6.45) is 1.76. The predicted molar refractivity (Wildman–Crippen MR) is 90.0 cm³/mol. The van der Waals surface area contributed by atoms with Crippen molar-refractivity contribution in [3.05, 3.63) is 65.7 Å². The molecule has 4 nitrogen and oxygen atoms in total. The zero-order valence-corrected chi connectivity index (χ0v) is 12.9. The molecule has 0 fully saturated rings. The van der Waals surface area contributed by atoms with Gasteiger partial charge in [-0.3, -0.25) is 4.79 Å². The summed E-state index contributed by atoms with van der Waals surface area (Å²) in [5, 5.41) is 12.1. The fourth-order valence-electron chi connectivity index (χ4n) is 3.07. The van der Waals surface area contributed by atoms with E-state index < -0.39 is 0 Å². The lowest BCUT2D eigenvalue weighted by molar-refractivity contribution is -0.120. The zero-order valence-electron chi connectivity index (χ0n) is 12.9. The Balaban J connectivity index is 1.59. The molecule has 0 bridgehead atoms. The standard InChI is InChI=1S/C19H19N3O/c20-10-11-22(18-8-2-1-3-9-18)14-19(23)21-17-12-15-6-4-5-7-16(15)13-17/h1-9,17H,11-14H2,(H,21,23). The number of fused-ring (bicyclic) bond motifs is 1. The summed E-state index contributed by atoms with van der Waals surface area (Å²) in [4.78, 5) is 14.1. The number of hydrogen-bond acceptors (Lipinski definition) is 3. The van der Waals surface area contributed by atoms with Crippen molar-refractivity contribution in [3.63, 3.8) is 0 Å². The number of hydrogen-bond donors (Lipinski definition) is 1. The van der Waals surface area contributed by atoms with Gasteiger partial charge in [0.15, 0.2) is 0 Å². The summed E-state index contributed by atoms with van der Waals surface area (Å²) < 4.78 is 0. The summed E-state index contributed by atoms with van der Waals surface area (Å²) in [6.45, 7) is 0.396. The van der Waals surface area contributed by atoms with Gasteiger partial charge in [0.05, 0.1) is 12.6 Å². The molecule has 116 valence electrons. The van der Waals surface area contributed by atoms with Crippen molar-refractivity contribution >= 4 is 11.6 Å². The van der Waals surface area contributed by atoms with Crippen LogP contribution in [0.3, 0.4) is 0 Å². The molecule has 0 atom stereocenters. The smallest absolute Gasteiger partial charge is 0.239 e. The van der Waals surface area contributed by atoms with Gasteiger partial charge in [-0.1, -0.05) is 42.5 Å². The van der Waals surface area contributed by atoms with Crippen LogP contribution in [0, 0.1) is 11.3 Å². The summed E-state index contributed by atoms with van der Waals surface area (Å²) in [6, 6.07) is 20.1. The molecule has 0 spiro atoms. The molecule has 4 heteroatoms. The largest absolute Gasteiger partial charge is 0.351 e. The van der Waals surface area contributed by atoms with E-state index in [2.05, 4.69) is 23.5 Å². The van der Waals surface area contributed by atoms with Gasteiger partial charge in [0.1, 0.15) is 6.54 Å². The van der Waals surface area contributed by atoms with Gasteiger partial charge in [0.2, 0.25) is 5.91 Å². The van der Waals surface area contributed by atoms with E-state index in [-0.39, 0.29) is 25.0 Å². The lowest BCUT2D eigenvalue weighted by Crippen LogP contribution is -2.42. The van der Waals surface area contributed by atoms with Gasteiger partial charge in [-0.05, 0) is 36.1 Å². The van der Waals surface area contributed by atoms with E-state index in [1.54, 1.807) is 4.90 Å². The maximum absolute atomic E-state index is 12.3. The van der Waals surface area contributed by atoms with Crippen LogP contribution in [0.25, 0.3) is 0 Å². The summed E-state index contributed by atoms with van der Waals surface area (Å²) in [5.41, 5.74) is 3.52. The van der Waals surface area contributed by atoms with Crippen LogP contribution in [0.1, 0.15) is 11.1 Å². The van der Waals surface area contributed by atoms with Crippen LogP contribution in [-0.2, 0) is 17.6 Å².